The highest BCUT2D eigenvalue weighted by atomic mass is 35.5. The lowest BCUT2D eigenvalue weighted by atomic mass is 10.2. The molecular formula is C10H13ClN4O2. The van der Waals surface area contributed by atoms with Crippen LogP contribution in [0.3, 0.4) is 0 Å². The Balaban J connectivity index is 0.000000631. The van der Waals surface area contributed by atoms with Gasteiger partial charge in [0.2, 0.25) is 5.96 Å². The van der Waals surface area contributed by atoms with Crippen LogP contribution >= 0.6 is 11.6 Å². The highest BCUT2D eigenvalue weighted by Crippen LogP contribution is 2.07. The van der Waals surface area contributed by atoms with Crippen molar-refractivity contribution in [3.8, 4) is 0 Å². The lowest BCUT2D eigenvalue weighted by Gasteiger charge is -1.94. The van der Waals surface area contributed by atoms with Crippen molar-refractivity contribution in [3.05, 3.63) is 34.9 Å². The fraction of sp³-hybridized carbons (Fsp3) is 0.100. The summed E-state index contributed by atoms with van der Waals surface area (Å²) in [4.78, 5) is 9.00. The highest BCUT2D eigenvalue weighted by molar-refractivity contribution is 6.30. The molecule has 17 heavy (non-hydrogen) atoms. The Morgan fingerprint density at radius 1 is 1.65 bits per heavy atom. The van der Waals surface area contributed by atoms with Gasteiger partial charge in [0.1, 0.15) is 0 Å². The van der Waals surface area contributed by atoms with E-state index in [1.165, 1.54) is 0 Å². The van der Waals surface area contributed by atoms with Crippen molar-refractivity contribution in [1.29, 1.82) is 5.40 Å². The first kappa shape index (κ1) is 13.0. The number of halogens is 1. The van der Waals surface area contributed by atoms with Gasteiger partial charge in [-0.1, -0.05) is 23.7 Å². The summed E-state index contributed by atoms with van der Waals surface area (Å²) in [6.45, 7) is 1.08. The number of nitrogens with two attached hydrogens (primary N) is 1. The van der Waals surface area contributed by atoms with Crippen molar-refractivity contribution in [3.63, 3.8) is 0 Å². The minimum absolute atomic E-state index is 0.0600. The van der Waals surface area contributed by atoms with E-state index >= 15 is 0 Å². The Bertz CT molecular complexity index is 430. The van der Waals surface area contributed by atoms with E-state index in [4.69, 9.17) is 28.6 Å². The third-order valence-electron chi connectivity index (χ3n) is 1.26. The molecule has 1 aromatic carbocycles. The lowest BCUT2D eigenvalue weighted by molar-refractivity contribution is -0.134. The maximum absolute atomic E-state index is 9.00. The molecule has 0 radical (unpaired) electrons. The van der Waals surface area contributed by atoms with Crippen LogP contribution in [0.1, 0.15) is 12.5 Å². The summed E-state index contributed by atoms with van der Waals surface area (Å²) in [5.41, 5.74) is 8.42. The van der Waals surface area contributed by atoms with E-state index in [1.54, 1.807) is 18.3 Å². The standard InChI is InChI=1S/C8H9ClN4.C2H4O2/c9-7-3-1-6(2-4-7)5-12-13-8(10)11;1-2(3)4/h1-5H,(H4,10,11,13);1H3,(H,3,4). The molecule has 5 N–H and O–H groups in total. The number of benzene rings is 1. The number of guanidine groups is 1. The molecule has 7 heteroatoms. The molecule has 0 fully saturated rings. The highest BCUT2D eigenvalue weighted by Gasteiger charge is 1.87. The first-order valence-electron chi connectivity index (χ1n) is 4.92. The average molecular weight is 257 g/mol. The van der Waals surface area contributed by atoms with Crippen LogP contribution in [0.4, 0.5) is 0 Å². The zero-order chi connectivity index (χ0) is 14.0. The molecule has 0 saturated carbocycles. The summed E-state index contributed by atoms with van der Waals surface area (Å²) >= 11 is 5.69. The van der Waals surface area contributed by atoms with Crippen LogP contribution in [0.15, 0.2) is 29.4 Å². The Kier molecular flexibility index (Phi) is 6.20. The summed E-state index contributed by atoms with van der Waals surface area (Å²) in [5.74, 6) is -0.893. The maximum atomic E-state index is 9.00. The van der Waals surface area contributed by atoms with Crippen molar-refractivity contribution in [2.24, 2.45) is 10.8 Å². The fourth-order valence-electron chi connectivity index (χ4n) is 0.722. The smallest absolute Gasteiger partial charge is 0.300 e. The molecule has 0 aliphatic heterocycles. The van der Waals surface area contributed by atoms with Gasteiger partial charge in [-0.05, 0) is 17.7 Å². The van der Waals surface area contributed by atoms with Gasteiger partial charge in [0, 0.05) is 11.9 Å². The van der Waals surface area contributed by atoms with Gasteiger partial charge in [0.25, 0.3) is 5.97 Å². The molecule has 0 bridgehead atoms. The van der Waals surface area contributed by atoms with Gasteiger partial charge in [-0.3, -0.25) is 10.2 Å². The molecule has 0 amide bonds. The number of carboxylic acid groups (broad SMARTS) is 1. The van der Waals surface area contributed by atoms with E-state index in [9.17, 15) is 0 Å². The molecule has 0 aliphatic carbocycles. The molecule has 1 aromatic rings. The van der Waals surface area contributed by atoms with E-state index in [-0.39, 0.29) is 5.96 Å². The molecule has 0 aromatic heterocycles. The zero-order valence-corrected chi connectivity index (χ0v) is 9.85. The summed E-state index contributed by atoms with van der Waals surface area (Å²) < 4.78 is 6.53. The number of carbonyl (C=O) groups is 1. The van der Waals surface area contributed by atoms with Crippen LogP contribution in [-0.4, -0.2) is 23.2 Å². The van der Waals surface area contributed by atoms with Gasteiger partial charge < -0.3 is 10.8 Å². The second-order valence-corrected chi connectivity index (χ2v) is 3.26. The first-order valence-corrected chi connectivity index (χ1v) is 4.85. The van der Waals surface area contributed by atoms with E-state index in [2.05, 4.69) is 15.9 Å². The summed E-state index contributed by atoms with van der Waals surface area (Å²) in [6, 6.07) is 7.12. The Morgan fingerprint density at radius 2 is 2.18 bits per heavy atom. The van der Waals surface area contributed by atoms with Crippen LogP contribution in [-0.2, 0) is 4.79 Å². The van der Waals surface area contributed by atoms with E-state index in [1.807, 2.05) is 12.1 Å². The summed E-state index contributed by atoms with van der Waals surface area (Å²) in [7, 11) is 0. The molecule has 0 aliphatic rings. The van der Waals surface area contributed by atoms with Crippen molar-refractivity contribution >= 4 is 29.7 Å². The van der Waals surface area contributed by atoms with Crippen LogP contribution in [0, 0.1) is 5.40 Å². The quantitative estimate of drug-likeness (QED) is 0.362. The second-order valence-electron chi connectivity index (χ2n) is 2.83. The lowest BCUT2D eigenvalue weighted by Crippen LogP contribution is -2.25. The van der Waals surface area contributed by atoms with Crippen molar-refractivity contribution in [2.45, 2.75) is 6.92 Å². The number of hydrogen-bond donors (Lipinski definition) is 4. The summed E-state index contributed by atoms with van der Waals surface area (Å²) in [6.07, 6.45) is 1.55. The van der Waals surface area contributed by atoms with Crippen LogP contribution in [0.2, 0.25) is 6.43 Å². The Hall–Kier alpha value is -2.08. The van der Waals surface area contributed by atoms with Gasteiger partial charge >= 0.3 is 0 Å². The molecule has 1 rings (SSSR count). The third kappa shape index (κ3) is 10.2. The normalized spacial score (nSPS) is 11.4. The number of aliphatic carboxylic acids is 1. The summed E-state index contributed by atoms with van der Waals surface area (Å²) in [5, 5.41) is 14.8. The van der Waals surface area contributed by atoms with Crippen LogP contribution < -0.4 is 11.2 Å². The van der Waals surface area contributed by atoms with E-state index in [0.717, 1.165) is 12.5 Å². The van der Waals surface area contributed by atoms with Gasteiger partial charge in [0.05, 0.1) is 6.21 Å². The van der Waals surface area contributed by atoms with E-state index < -0.39 is 5.97 Å². The van der Waals surface area contributed by atoms with Gasteiger partial charge in [-0.25, -0.2) is 5.43 Å². The van der Waals surface area contributed by atoms with Gasteiger partial charge in [-0.2, -0.15) is 5.10 Å². The number of hydrazone groups is 1. The number of carboxylic acids is 1. The predicted octanol–water partition coefficient (Wildman–Crippen LogP) is 1.25. The predicted molar refractivity (Wildman–Crippen MR) is 67.4 cm³/mol. The molecule has 6 nitrogen and oxygen atoms in total. The fourth-order valence-corrected chi connectivity index (χ4v) is 0.848. The van der Waals surface area contributed by atoms with Crippen molar-refractivity contribution in [2.75, 3.05) is 0 Å². The number of nitrogens with zero attached hydrogens (tertiary/aromatic N) is 1. The average Bonchev–Trinajstić information content (AvgIpc) is 2.31. The first-order chi connectivity index (χ1) is 8.45. The zero-order valence-electron chi connectivity index (χ0n) is 10.1. The largest absolute Gasteiger partial charge is 0.481 e. The van der Waals surface area contributed by atoms with E-state index in [0.29, 0.717) is 5.02 Å². The molecule has 0 atom stereocenters. The topological polar surface area (TPSA) is 112 Å². The number of hydrogen-bond acceptors (Lipinski definition) is 3. The van der Waals surface area contributed by atoms with Crippen molar-refractivity contribution in [1.82, 2.24) is 5.43 Å². The SMILES string of the molecule is CC(=O)O.[H]/N=C(\N)NN=Cc1ccc(Cl)cc1. The minimum Gasteiger partial charge on any atom is -0.481 e. The molecule has 0 unspecified atom stereocenters. The van der Waals surface area contributed by atoms with Crippen LogP contribution in [0.25, 0.3) is 0 Å². The molecule has 92 valence electrons. The minimum atomic E-state index is -0.833. The monoisotopic (exact) mass is 256 g/mol. The molecule has 0 saturated heterocycles. The maximum Gasteiger partial charge on any atom is 0.300 e. The second kappa shape index (κ2) is 8.12. The van der Waals surface area contributed by atoms with Crippen LogP contribution in [0.5, 0.6) is 0 Å². The molecule has 0 heterocycles. The Morgan fingerprint density at radius 3 is 2.65 bits per heavy atom. The molecular weight excluding hydrogens is 244 g/mol. The van der Waals surface area contributed by atoms with Gasteiger partial charge in [-0.15, -0.1) is 0 Å². The van der Waals surface area contributed by atoms with Gasteiger partial charge in [0.15, 0.2) is 1.41 Å². The molecule has 0 spiro atoms. The number of nitrogens with one attached hydrogen (secondary N) is 2. The van der Waals surface area contributed by atoms with Crippen molar-refractivity contribution < 1.29 is 11.3 Å². The number of rotatable bonds is 2. The Labute approximate surface area is 105 Å². The third-order valence-corrected chi connectivity index (χ3v) is 1.51.